The van der Waals surface area contributed by atoms with E-state index in [1.165, 1.54) is 50.9 Å². The van der Waals surface area contributed by atoms with E-state index in [0.717, 1.165) is 5.92 Å². The maximum Gasteiger partial charge on any atom is 0.0950 e. The van der Waals surface area contributed by atoms with Crippen LogP contribution >= 0.6 is 0 Å². The van der Waals surface area contributed by atoms with Crippen molar-refractivity contribution in [1.29, 1.82) is 0 Å². The molecule has 3 rings (SSSR count). The number of hydrogen-bond donors (Lipinski definition) is 1. The molecule has 0 aromatic carbocycles. The molecule has 1 aromatic heterocycles. The van der Waals surface area contributed by atoms with Crippen molar-refractivity contribution in [2.24, 2.45) is 5.92 Å². The fourth-order valence-corrected chi connectivity index (χ4v) is 3.13. The third-order valence-electron chi connectivity index (χ3n) is 3.92. The van der Waals surface area contributed by atoms with Crippen LogP contribution in [0.4, 0.5) is 0 Å². The Kier molecular flexibility index (Phi) is 2.49. The molecule has 0 amide bonds. The van der Waals surface area contributed by atoms with Crippen molar-refractivity contribution in [3.05, 3.63) is 18.2 Å². The van der Waals surface area contributed by atoms with E-state index in [1.54, 1.807) is 0 Å². The monoisotopic (exact) mass is 205 g/mol. The molecule has 1 N–H and O–H groups in total. The molecule has 1 fully saturated rings. The van der Waals surface area contributed by atoms with Gasteiger partial charge < -0.3 is 9.88 Å². The smallest absolute Gasteiger partial charge is 0.0950 e. The van der Waals surface area contributed by atoms with E-state index < -0.39 is 0 Å². The molecule has 0 saturated carbocycles. The topological polar surface area (TPSA) is 29.9 Å². The Morgan fingerprint density at radius 2 is 2.33 bits per heavy atom. The number of aryl methyl sites for hydroxylation is 1. The largest absolute Gasteiger partial charge is 0.331 e. The lowest BCUT2D eigenvalue weighted by Gasteiger charge is -2.35. The predicted molar refractivity (Wildman–Crippen MR) is 59.8 cm³/mol. The normalized spacial score (nSPS) is 31.2. The van der Waals surface area contributed by atoms with Crippen molar-refractivity contribution in [2.75, 3.05) is 13.1 Å². The summed E-state index contributed by atoms with van der Waals surface area (Å²) in [5, 5.41) is 3.52. The average Bonchev–Trinajstić information content (AvgIpc) is 2.78. The number of nitrogens with zero attached hydrogens (tertiary/aromatic N) is 2. The molecule has 2 aliphatic rings. The fourth-order valence-electron chi connectivity index (χ4n) is 3.13. The highest BCUT2D eigenvalue weighted by molar-refractivity contribution is 5.05. The predicted octanol–water partition coefficient (Wildman–Crippen LogP) is 1.76. The van der Waals surface area contributed by atoms with Gasteiger partial charge in [-0.3, -0.25) is 0 Å². The summed E-state index contributed by atoms with van der Waals surface area (Å²) in [6, 6.07) is 0.712. The number of imidazole rings is 1. The van der Waals surface area contributed by atoms with Gasteiger partial charge in [-0.05, 0) is 51.1 Å². The summed E-state index contributed by atoms with van der Waals surface area (Å²) >= 11 is 0. The second kappa shape index (κ2) is 3.97. The number of hydrogen-bond acceptors (Lipinski definition) is 2. The minimum absolute atomic E-state index is 0.712. The summed E-state index contributed by atoms with van der Waals surface area (Å²) in [7, 11) is 0. The SMILES string of the molecule is c1ncn2c1CCCC2C1CCCNC1. The van der Waals surface area contributed by atoms with Crippen LogP contribution in [-0.4, -0.2) is 22.6 Å². The number of nitrogens with one attached hydrogen (secondary N) is 1. The minimum Gasteiger partial charge on any atom is -0.331 e. The van der Waals surface area contributed by atoms with E-state index in [-0.39, 0.29) is 0 Å². The average molecular weight is 205 g/mol. The molecule has 2 unspecified atom stereocenters. The van der Waals surface area contributed by atoms with Gasteiger partial charge in [0.15, 0.2) is 0 Å². The molecule has 0 bridgehead atoms. The van der Waals surface area contributed by atoms with Crippen LogP contribution in [0.5, 0.6) is 0 Å². The zero-order valence-electron chi connectivity index (χ0n) is 9.15. The van der Waals surface area contributed by atoms with Gasteiger partial charge in [-0.2, -0.15) is 0 Å². The summed E-state index contributed by atoms with van der Waals surface area (Å²) in [5.41, 5.74) is 1.44. The van der Waals surface area contributed by atoms with Gasteiger partial charge >= 0.3 is 0 Å². The zero-order chi connectivity index (χ0) is 10.1. The van der Waals surface area contributed by atoms with Crippen molar-refractivity contribution >= 4 is 0 Å². The molecular formula is C12H19N3. The Hall–Kier alpha value is -0.830. The van der Waals surface area contributed by atoms with Gasteiger partial charge in [0.25, 0.3) is 0 Å². The number of fused-ring (bicyclic) bond motifs is 1. The van der Waals surface area contributed by atoms with Gasteiger partial charge in [-0.1, -0.05) is 0 Å². The van der Waals surface area contributed by atoms with Gasteiger partial charge in [0.05, 0.1) is 6.33 Å². The molecule has 3 heterocycles. The fraction of sp³-hybridized carbons (Fsp3) is 0.750. The first-order valence-electron chi connectivity index (χ1n) is 6.16. The Morgan fingerprint density at radius 3 is 3.20 bits per heavy atom. The summed E-state index contributed by atoms with van der Waals surface area (Å²) in [5.74, 6) is 0.826. The number of aromatic nitrogens is 2. The van der Waals surface area contributed by atoms with Crippen molar-refractivity contribution < 1.29 is 0 Å². The highest BCUT2D eigenvalue weighted by atomic mass is 15.1. The molecule has 3 heteroatoms. The maximum atomic E-state index is 4.29. The molecule has 15 heavy (non-hydrogen) atoms. The summed E-state index contributed by atoms with van der Waals surface area (Å²) in [4.78, 5) is 4.29. The highest BCUT2D eigenvalue weighted by Crippen LogP contribution is 2.33. The second-order valence-electron chi connectivity index (χ2n) is 4.86. The first kappa shape index (κ1) is 9.40. The lowest BCUT2D eigenvalue weighted by atomic mass is 9.86. The van der Waals surface area contributed by atoms with Crippen LogP contribution in [0.2, 0.25) is 0 Å². The molecule has 2 aliphatic heterocycles. The summed E-state index contributed by atoms with van der Waals surface area (Å²) in [6.07, 6.45) is 10.7. The van der Waals surface area contributed by atoms with Crippen molar-refractivity contribution in [3.63, 3.8) is 0 Å². The van der Waals surface area contributed by atoms with Gasteiger partial charge in [-0.15, -0.1) is 0 Å². The molecular weight excluding hydrogens is 186 g/mol. The van der Waals surface area contributed by atoms with Gasteiger partial charge in [0.2, 0.25) is 0 Å². The third-order valence-corrected chi connectivity index (χ3v) is 3.92. The quantitative estimate of drug-likeness (QED) is 0.757. The van der Waals surface area contributed by atoms with E-state index in [2.05, 4.69) is 14.9 Å². The zero-order valence-corrected chi connectivity index (χ0v) is 9.15. The first-order valence-corrected chi connectivity index (χ1v) is 6.16. The second-order valence-corrected chi connectivity index (χ2v) is 4.86. The van der Waals surface area contributed by atoms with Crippen LogP contribution in [-0.2, 0) is 6.42 Å². The van der Waals surface area contributed by atoms with Crippen LogP contribution < -0.4 is 5.32 Å². The molecule has 82 valence electrons. The van der Waals surface area contributed by atoms with E-state index >= 15 is 0 Å². The lowest BCUT2D eigenvalue weighted by Crippen LogP contribution is -2.36. The minimum atomic E-state index is 0.712. The van der Waals surface area contributed by atoms with Crippen LogP contribution in [0.1, 0.15) is 37.4 Å². The Bertz CT molecular complexity index is 325. The van der Waals surface area contributed by atoms with Gasteiger partial charge in [-0.25, -0.2) is 4.98 Å². The highest BCUT2D eigenvalue weighted by Gasteiger charge is 2.28. The van der Waals surface area contributed by atoms with E-state index in [0.29, 0.717) is 6.04 Å². The molecule has 3 nitrogen and oxygen atoms in total. The Labute approximate surface area is 90.9 Å². The Balaban J connectivity index is 1.82. The maximum absolute atomic E-state index is 4.29. The number of piperidine rings is 1. The van der Waals surface area contributed by atoms with Crippen LogP contribution in [0.15, 0.2) is 12.5 Å². The standard InChI is InChI=1S/C12H19N3/c1-4-11-8-14-9-15(11)12(5-1)10-3-2-6-13-7-10/h8-10,12-13H,1-7H2. The third kappa shape index (κ3) is 1.69. The molecule has 0 aliphatic carbocycles. The molecule has 1 aromatic rings. The summed E-state index contributed by atoms with van der Waals surface area (Å²) in [6.45, 7) is 2.41. The van der Waals surface area contributed by atoms with E-state index in [9.17, 15) is 0 Å². The van der Waals surface area contributed by atoms with Gasteiger partial charge in [0.1, 0.15) is 0 Å². The van der Waals surface area contributed by atoms with Crippen molar-refractivity contribution in [2.45, 2.75) is 38.1 Å². The van der Waals surface area contributed by atoms with E-state index in [1.807, 2.05) is 12.5 Å². The molecule has 0 radical (unpaired) electrons. The van der Waals surface area contributed by atoms with Crippen LogP contribution in [0.3, 0.4) is 0 Å². The Morgan fingerprint density at radius 1 is 1.33 bits per heavy atom. The van der Waals surface area contributed by atoms with Crippen molar-refractivity contribution in [3.8, 4) is 0 Å². The van der Waals surface area contributed by atoms with Crippen LogP contribution in [0.25, 0.3) is 0 Å². The van der Waals surface area contributed by atoms with Crippen molar-refractivity contribution in [1.82, 2.24) is 14.9 Å². The van der Waals surface area contributed by atoms with Crippen LogP contribution in [0, 0.1) is 5.92 Å². The summed E-state index contributed by atoms with van der Waals surface area (Å²) < 4.78 is 2.43. The number of rotatable bonds is 1. The van der Waals surface area contributed by atoms with E-state index in [4.69, 9.17) is 0 Å². The van der Waals surface area contributed by atoms with Gasteiger partial charge in [0, 0.05) is 17.9 Å². The first-order chi connectivity index (χ1) is 7.45. The lowest BCUT2D eigenvalue weighted by molar-refractivity contribution is 0.231. The molecule has 1 saturated heterocycles. The molecule has 0 spiro atoms. The molecule has 2 atom stereocenters.